The van der Waals surface area contributed by atoms with Crippen LogP contribution in [-0.2, 0) is 18.4 Å². The van der Waals surface area contributed by atoms with E-state index in [2.05, 4.69) is 28.4 Å². The van der Waals surface area contributed by atoms with Gasteiger partial charge in [-0.1, -0.05) is 0 Å². The van der Waals surface area contributed by atoms with Crippen LogP contribution in [0.1, 0.15) is 43.4 Å². The summed E-state index contributed by atoms with van der Waals surface area (Å²) in [4.78, 5) is 14.4. The minimum atomic E-state index is 0.258. The van der Waals surface area contributed by atoms with Crippen molar-refractivity contribution in [3.05, 3.63) is 17.5 Å². The number of amides is 1. The SMILES string of the molecule is Cc1nn(C)cc1CN1CCC(CC(=O)NCC2CC2)CC1. The molecule has 0 spiro atoms. The number of likely N-dealkylation sites (tertiary alicyclic amines) is 1. The van der Waals surface area contributed by atoms with Crippen LogP contribution in [0, 0.1) is 18.8 Å². The number of hydrogen-bond donors (Lipinski definition) is 1. The van der Waals surface area contributed by atoms with E-state index in [4.69, 9.17) is 0 Å². The second-order valence-electron chi connectivity index (χ2n) is 7.08. The van der Waals surface area contributed by atoms with Gasteiger partial charge in [0, 0.05) is 38.3 Å². The van der Waals surface area contributed by atoms with Crippen LogP contribution in [0.4, 0.5) is 0 Å². The Morgan fingerprint density at radius 3 is 2.59 bits per heavy atom. The minimum absolute atomic E-state index is 0.258. The molecule has 0 atom stereocenters. The van der Waals surface area contributed by atoms with Crippen molar-refractivity contribution in [1.29, 1.82) is 0 Å². The number of aryl methyl sites for hydroxylation is 2. The van der Waals surface area contributed by atoms with Crippen LogP contribution < -0.4 is 5.32 Å². The summed E-state index contributed by atoms with van der Waals surface area (Å²) in [6.07, 6.45) is 7.70. The number of nitrogens with zero attached hydrogens (tertiary/aromatic N) is 3. The lowest BCUT2D eigenvalue weighted by atomic mass is 9.93. The smallest absolute Gasteiger partial charge is 0.220 e. The fraction of sp³-hybridized carbons (Fsp3) is 0.765. The van der Waals surface area contributed by atoms with Crippen LogP contribution in [0.5, 0.6) is 0 Å². The molecule has 1 aliphatic heterocycles. The highest BCUT2D eigenvalue weighted by molar-refractivity contribution is 5.76. The highest BCUT2D eigenvalue weighted by Gasteiger charge is 2.24. The van der Waals surface area contributed by atoms with E-state index in [9.17, 15) is 4.79 Å². The van der Waals surface area contributed by atoms with E-state index < -0.39 is 0 Å². The first-order valence-corrected chi connectivity index (χ1v) is 8.58. The molecule has 1 aromatic heterocycles. The van der Waals surface area contributed by atoms with Crippen molar-refractivity contribution in [3.63, 3.8) is 0 Å². The summed E-state index contributed by atoms with van der Waals surface area (Å²) >= 11 is 0. The van der Waals surface area contributed by atoms with E-state index in [1.54, 1.807) is 0 Å². The van der Waals surface area contributed by atoms with Gasteiger partial charge in [-0.2, -0.15) is 5.10 Å². The average Bonchev–Trinajstić information content (AvgIpc) is 3.25. The summed E-state index contributed by atoms with van der Waals surface area (Å²) in [6, 6.07) is 0. The predicted molar refractivity (Wildman–Crippen MR) is 86.3 cm³/mol. The molecule has 5 heteroatoms. The van der Waals surface area contributed by atoms with Crippen molar-refractivity contribution in [3.8, 4) is 0 Å². The van der Waals surface area contributed by atoms with Gasteiger partial charge in [-0.25, -0.2) is 0 Å². The lowest BCUT2D eigenvalue weighted by Gasteiger charge is -2.31. The Hall–Kier alpha value is -1.36. The molecular weight excluding hydrogens is 276 g/mol. The molecule has 2 aliphatic rings. The van der Waals surface area contributed by atoms with E-state index in [1.165, 1.54) is 18.4 Å². The maximum Gasteiger partial charge on any atom is 0.220 e. The van der Waals surface area contributed by atoms with Gasteiger partial charge in [0.15, 0.2) is 0 Å². The van der Waals surface area contributed by atoms with Crippen LogP contribution in [0.25, 0.3) is 0 Å². The van der Waals surface area contributed by atoms with Gasteiger partial charge in [0.2, 0.25) is 5.91 Å². The zero-order chi connectivity index (χ0) is 15.5. The first-order chi connectivity index (χ1) is 10.6. The fourth-order valence-corrected chi connectivity index (χ4v) is 3.31. The molecule has 1 saturated heterocycles. The number of carbonyl (C=O) groups is 1. The molecule has 5 nitrogen and oxygen atoms in total. The first-order valence-electron chi connectivity index (χ1n) is 8.58. The third kappa shape index (κ3) is 4.32. The molecule has 1 amide bonds. The van der Waals surface area contributed by atoms with Crippen LogP contribution in [0.2, 0.25) is 0 Å². The molecule has 1 aromatic rings. The van der Waals surface area contributed by atoms with Crippen LogP contribution in [0.15, 0.2) is 6.20 Å². The maximum absolute atomic E-state index is 11.9. The minimum Gasteiger partial charge on any atom is -0.356 e. The Morgan fingerprint density at radius 2 is 2.00 bits per heavy atom. The molecule has 1 N–H and O–H groups in total. The van der Waals surface area contributed by atoms with Crippen molar-refractivity contribution >= 4 is 5.91 Å². The van der Waals surface area contributed by atoms with E-state index in [0.29, 0.717) is 12.3 Å². The Balaban J connectivity index is 1.38. The number of aromatic nitrogens is 2. The van der Waals surface area contributed by atoms with Gasteiger partial charge in [-0.3, -0.25) is 14.4 Å². The van der Waals surface area contributed by atoms with Gasteiger partial charge in [0.05, 0.1) is 5.69 Å². The third-order valence-electron chi connectivity index (χ3n) is 4.98. The zero-order valence-corrected chi connectivity index (χ0v) is 13.8. The maximum atomic E-state index is 11.9. The van der Waals surface area contributed by atoms with Gasteiger partial charge in [-0.05, 0) is 57.5 Å². The molecule has 0 aromatic carbocycles. The zero-order valence-electron chi connectivity index (χ0n) is 13.8. The fourth-order valence-electron chi connectivity index (χ4n) is 3.31. The highest BCUT2D eigenvalue weighted by atomic mass is 16.1. The molecule has 122 valence electrons. The van der Waals surface area contributed by atoms with Gasteiger partial charge < -0.3 is 5.32 Å². The number of nitrogens with one attached hydrogen (secondary N) is 1. The second-order valence-corrected chi connectivity index (χ2v) is 7.08. The molecule has 2 fully saturated rings. The van der Waals surface area contributed by atoms with Gasteiger partial charge >= 0.3 is 0 Å². The number of piperidine rings is 1. The normalized spacial score (nSPS) is 20.3. The third-order valence-corrected chi connectivity index (χ3v) is 4.98. The second kappa shape index (κ2) is 6.82. The molecule has 1 saturated carbocycles. The van der Waals surface area contributed by atoms with E-state index in [-0.39, 0.29) is 5.91 Å². The molecular formula is C17H28N4O. The number of hydrogen-bond acceptors (Lipinski definition) is 3. The summed E-state index contributed by atoms with van der Waals surface area (Å²) < 4.78 is 1.89. The van der Waals surface area contributed by atoms with E-state index >= 15 is 0 Å². The quantitative estimate of drug-likeness (QED) is 0.873. The van der Waals surface area contributed by atoms with Crippen molar-refractivity contribution < 1.29 is 4.79 Å². The first kappa shape index (κ1) is 15.5. The predicted octanol–water partition coefficient (Wildman–Crippen LogP) is 1.86. The summed E-state index contributed by atoms with van der Waals surface area (Å²) in [5.74, 6) is 1.59. The number of rotatable bonds is 6. The molecule has 0 unspecified atom stereocenters. The molecule has 0 bridgehead atoms. The molecule has 2 heterocycles. The van der Waals surface area contributed by atoms with Crippen molar-refractivity contribution in [2.24, 2.45) is 18.9 Å². The Kier molecular flexibility index (Phi) is 4.81. The van der Waals surface area contributed by atoms with Crippen molar-refractivity contribution in [1.82, 2.24) is 20.0 Å². The largest absolute Gasteiger partial charge is 0.356 e. The van der Waals surface area contributed by atoms with Crippen LogP contribution in [-0.4, -0.2) is 40.2 Å². The summed E-state index contributed by atoms with van der Waals surface area (Å²) in [5.41, 5.74) is 2.45. The molecule has 1 aliphatic carbocycles. The summed E-state index contributed by atoms with van der Waals surface area (Å²) in [5, 5.41) is 7.50. The average molecular weight is 304 g/mol. The summed E-state index contributed by atoms with van der Waals surface area (Å²) in [6.45, 7) is 6.15. The van der Waals surface area contributed by atoms with E-state index in [1.807, 2.05) is 11.7 Å². The Bertz CT molecular complexity index is 513. The monoisotopic (exact) mass is 304 g/mol. The molecule has 22 heavy (non-hydrogen) atoms. The summed E-state index contributed by atoms with van der Waals surface area (Å²) in [7, 11) is 1.98. The standard InChI is InChI=1S/C17H28N4O/c1-13-16(11-20(2)19-13)12-21-7-5-14(6-8-21)9-17(22)18-10-15-3-4-15/h11,14-15H,3-10,12H2,1-2H3,(H,18,22). The van der Waals surface area contributed by atoms with Gasteiger partial charge in [-0.15, -0.1) is 0 Å². The Morgan fingerprint density at radius 1 is 1.27 bits per heavy atom. The lowest BCUT2D eigenvalue weighted by molar-refractivity contribution is -0.122. The molecule has 3 rings (SSSR count). The topological polar surface area (TPSA) is 50.2 Å². The van der Waals surface area contributed by atoms with Crippen LogP contribution >= 0.6 is 0 Å². The highest BCUT2D eigenvalue weighted by Crippen LogP contribution is 2.28. The van der Waals surface area contributed by atoms with Gasteiger partial charge in [0.25, 0.3) is 0 Å². The van der Waals surface area contributed by atoms with Crippen molar-refractivity contribution in [2.45, 2.75) is 45.6 Å². The molecule has 0 radical (unpaired) electrons. The van der Waals surface area contributed by atoms with E-state index in [0.717, 1.165) is 50.6 Å². The number of carbonyl (C=O) groups excluding carboxylic acids is 1. The van der Waals surface area contributed by atoms with Gasteiger partial charge in [0.1, 0.15) is 0 Å². The lowest BCUT2D eigenvalue weighted by Crippen LogP contribution is -2.36. The van der Waals surface area contributed by atoms with Crippen molar-refractivity contribution in [2.75, 3.05) is 19.6 Å². The van der Waals surface area contributed by atoms with Crippen LogP contribution in [0.3, 0.4) is 0 Å². The Labute approximate surface area is 133 Å².